The Morgan fingerprint density at radius 3 is 2.62 bits per heavy atom. The van der Waals surface area contributed by atoms with Crippen LogP contribution in [0.5, 0.6) is 0 Å². The van der Waals surface area contributed by atoms with Crippen molar-refractivity contribution in [1.82, 2.24) is 19.9 Å². The van der Waals surface area contributed by atoms with E-state index in [9.17, 15) is 9.59 Å². The first kappa shape index (κ1) is 22.0. The molecule has 0 unspecified atom stereocenters. The highest BCUT2D eigenvalue weighted by molar-refractivity contribution is 7.97. The van der Waals surface area contributed by atoms with Crippen molar-refractivity contribution in [3.63, 3.8) is 0 Å². The highest BCUT2D eigenvalue weighted by Gasteiger charge is 2.14. The molecule has 0 spiro atoms. The molecule has 2 aromatic carbocycles. The Labute approximate surface area is 194 Å². The molecule has 0 saturated heterocycles. The lowest BCUT2D eigenvalue weighted by atomic mass is 10.1. The van der Waals surface area contributed by atoms with E-state index in [1.54, 1.807) is 11.8 Å². The summed E-state index contributed by atoms with van der Waals surface area (Å²) in [6, 6.07) is 15.7. The molecular weight excluding hydrogens is 442 g/mol. The maximum atomic E-state index is 12.8. The number of hydrogen-bond donors (Lipinski definition) is 2. The normalized spacial score (nSPS) is 10.9. The molecule has 2 amide bonds. The van der Waals surface area contributed by atoms with Gasteiger partial charge in [0.15, 0.2) is 5.13 Å². The number of nitrogens with one attached hydrogen (secondary N) is 2. The number of para-hydroxylation sites is 2. The average molecular weight is 466 g/mol. The first-order valence-corrected chi connectivity index (χ1v) is 12.3. The van der Waals surface area contributed by atoms with E-state index in [-0.39, 0.29) is 18.4 Å². The monoisotopic (exact) mass is 465 g/mol. The van der Waals surface area contributed by atoms with Crippen molar-refractivity contribution in [3.05, 3.63) is 65.3 Å². The summed E-state index contributed by atoms with van der Waals surface area (Å²) in [6.07, 6.45) is 2.02. The van der Waals surface area contributed by atoms with Crippen LogP contribution >= 0.6 is 23.1 Å². The summed E-state index contributed by atoms with van der Waals surface area (Å²) < 4.78 is 1.96. The molecular formula is C23H23N5O2S2. The van der Waals surface area contributed by atoms with Crippen LogP contribution in [0.2, 0.25) is 0 Å². The number of carbonyl (C=O) groups is 2. The van der Waals surface area contributed by atoms with Crippen LogP contribution in [0.3, 0.4) is 0 Å². The van der Waals surface area contributed by atoms with Gasteiger partial charge in [0.2, 0.25) is 11.8 Å². The Bertz CT molecular complexity index is 1250. The number of fused-ring (bicyclic) bond motifs is 1. The molecule has 0 radical (unpaired) electrons. The average Bonchev–Trinajstić information content (AvgIpc) is 3.38. The van der Waals surface area contributed by atoms with Crippen molar-refractivity contribution in [2.75, 3.05) is 11.6 Å². The van der Waals surface area contributed by atoms with Gasteiger partial charge < -0.3 is 15.2 Å². The van der Waals surface area contributed by atoms with Crippen LogP contribution in [-0.4, -0.2) is 32.6 Å². The number of thioether (sulfide) groups is 1. The van der Waals surface area contributed by atoms with Crippen molar-refractivity contribution in [2.24, 2.45) is 0 Å². The van der Waals surface area contributed by atoms with Crippen LogP contribution in [0.4, 0.5) is 5.13 Å². The molecule has 0 fully saturated rings. The number of imidazole rings is 1. The summed E-state index contributed by atoms with van der Waals surface area (Å²) in [5.41, 5.74) is 4.61. The SMILES string of the molecule is CSCc1nc2ccccc2n1CC(=O)Nc1nc(-c2ccc(CNC(C)=O)cc2)cs1. The molecule has 4 rings (SSSR count). The highest BCUT2D eigenvalue weighted by atomic mass is 32.2. The van der Waals surface area contributed by atoms with Crippen LogP contribution in [0.25, 0.3) is 22.3 Å². The third-order valence-electron chi connectivity index (χ3n) is 4.85. The number of nitrogens with zero attached hydrogens (tertiary/aromatic N) is 3. The van der Waals surface area contributed by atoms with Gasteiger partial charge in [0.25, 0.3) is 0 Å². The van der Waals surface area contributed by atoms with E-state index in [4.69, 9.17) is 0 Å². The fourth-order valence-electron chi connectivity index (χ4n) is 3.33. The number of anilines is 1. The fourth-order valence-corrected chi connectivity index (χ4v) is 4.54. The number of hydrogen-bond acceptors (Lipinski definition) is 6. The first-order chi connectivity index (χ1) is 15.5. The summed E-state index contributed by atoms with van der Waals surface area (Å²) in [7, 11) is 0. The molecule has 0 aliphatic heterocycles. The Hall–Kier alpha value is -3.17. The molecule has 0 saturated carbocycles. The summed E-state index contributed by atoms with van der Waals surface area (Å²) in [4.78, 5) is 33.0. The smallest absolute Gasteiger partial charge is 0.246 e. The Balaban J connectivity index is 1.44. The molecule has 0 atom stereocenters. The quantitative estimate of drug-likeness (QED) is 0.405. The van der Waals surface area contributed by atoms with Gasteiger partial charge in [-0.1, -0.05) is 36.4 Å². The minimum absolute atomic E-state index is 0.0572. The second kappa shape index (κ2) is 9.97. The van der Waals surface area contributed by atoms with Gasteiger partial charge in [0, 0.05) is 24.4 Å². The summed E-state index contributed by atoms with van der Waals surface area (Å²) in [5, 5.41) is 8.17. The first-order valence-electron chi connectivity index (χ1n) is 10.1. The molecule has 4 aromatic rings. The van der Waals surface area contributed by atoms with Gasteiger partial charge in [0.1, 0.15) is 12.4 Å². The van der Waals surface area contributed by atoms with E-state index in [0.29, 0.717) is 11.7 Å². The third kappa shape index (κ3) is 5.17. The zero-order chi connectivity index (χ0) is 22.5. The van der Waals surface area contributed by atoms with Gasteiger partial charge in [0.05, 0.1) is 22.5 Å². The lowest BCUT2D eigenvalue weighted by Crippen LogP contribution is -2.20. The van der Waals surface area contributed by atoms with Crippen LogP contribution in [0.15, 0.2) is 53.9 Å². The molecule has 0 aliphatic carbocycles. The van der Waals surface area contributed by atoms with E-state index in [1.165, 1.54) is 18.3 Å². The van der Waals surface area contributed by atoms with E-state index in [2.05, 4.69) is 20.6 Å². The van der Waals surface area contributed by atoms with E-state index >= 15 is 0 Å². The maximum Gasteiger partial charge on any atom is 0.246 e. The fraction of sp³-hybridized carbons (Fsp3) is 0.217. The standard InChI is InChI=1S/C23H23N5O2S2/c1-15(29)24-11-16-7-9-17(10-8-16)19-13-32-23(26-19)27-22(30)12-28-20-6-4-3-5-18(20)25-21(28)14-31-2/h3-10,13H,11-12,14H2,1-2H3,(H,24,29)(H,26,27,30). The third-order valence-corrected chi connectivity index (χ3v) is 6.16. The van der Waals surface area contributed by atoms with Gasteiger partial charge in [-0.3, -0.25) is 9.59 Å². The molecule has 0 aliphatic rings. The van der Waals surface area contributed by atoms with Crippen molar-refractivity contribution in [2.45, 2.75) is 25.8 Å². The van der Waals surface area contributed by atoms with Crippen LogP contribution in [-0.2, 0) is 28.4 Å². The van der Waals surface area contributed by atoms with Crippen molar-refractivity contribution < 1.29 is 9.59 Å². The Morgan fingerprint density at radius 1 is 1.09 bits per heavy atom. The summed E-state index contributed by atoms with van der Waals surface area (Å²) in [6.45, 7) is 2.18. The lowest BCUT2D eigenvalue weighted by Gasteiger charge is -2.08. The predicted molar refractivity (Wildman–Crippen MR) is 131 cm³/mol. The minimum atomic E-state index is -0.137. The molecule has 2 N–H and O–H groups in total. The predicted octanol–water partition coefficient (Wildman–Crippen LogP) is 4.30. The molecule has 0 bridgehead atoms. The Kier molecular flexibility index (Phi) is 6.87. The molecule has 7 nitrogen and oxygen atoms in total. The molecule has 2 aromatic heterocycles. The van der Waals surface area contributed by atoms with E-state index in [1.807, 2.05) is 64.7 Å². The van der Waals surface area contributed by atoms with E-state index in [0.717, 1.165) is 39.4 Å². The number of thiazole rings is 1. The van der Waals surface area contributed by atoms with Gasteiger partial charge in [-0.25, -0.2) is 9.97 Å². The minimum Gasteiger partial charge on any atom is -0.352 e. The second-order valence-corrected chi connectivity index (χ2v) is 8.95. The molecule has 32 heavy (non-hydrogen) atoms. The zero-order valence-corrected chi connectivity index (χ0v) is 19.4. The number of carbonyl (C=O) groups excluding carboxylic acids is 2. The number of rotatable bonds is 8. The van der Waals surface area contributed by atoms with Crippen molar-refractivity contribution in [1.29, 1.82) is 0 Å². The van der Waals surface area contributed by atoms with Crippen molar-refractivity contribution >= 4 is 51.1 Å². The molecule has 2 heterocycles. The van der Waals surface area contributed by atoms with Crippen LogP contribution in [0, 0.1) is 0 Å². The van der Waals surface area contributed by atoms with E-state index < -0.39 is 0 Å². The van der Waals surface area contributed by atoms with Crippen LogP contribution < -0.4 is 10.6 Å². The van der Waals surface area contributed by atoms with Gasteiger partial charge in [-0.05, 0) is 24.0 Å². The molecule has 9 heteroatoms. The lowest BCUT2D eigenvalue weighted by molar-refractivity contribution is -0.119. The largest absolute Gasteiger partial charge is 0.352 e. The van der Waals surface area contributed by atoms with Gasteiger partial charge in [-0.2, -0.15) is 11.8 Å². The maximum absolute atomic E-state index is 12.8. The topological polar surface area (TPSA) is 88.9 Å². The summed E-state index contributed by atoms with van der Waals surface area (Å²) in [5.74, 6) is 1.43. The van der Waals surface area contributed by atoms with Crippen molar-refractivity contribution in [3.8, 4) is 11.3 Å². The van der Waals surface area contributed by atoms with Gasteiger partial charge in [-0.15, -0.1) is 11.3 Å². The second-order valence-electron chi connectivity index (χ2n) is 7.23. The highest BCUT2D eigenvalue weighted by Crippen LogP contribution is 2.25. The van der Waals surface area contributed by atoms with Gasteiger partial charge >= 0.3 is 0 Å². The summed E-state index contributed by atoms with van der Waals surface area (Å²) >= 11 is 3.07. The molecule has 164 valence electrons. The number of aromatic nitrogens is 3. The Morgan fingerprint density at radius 2 is 1.88 bits per heavy atom. The number of benzene rings is 2. The zero-order valence-electron chi connectivity index (χ0n) is 17.8. The van der Waals surface area contributed by atoms with Crippen LogP contribution in [0.1, 0.15) is 18.3 Å². The number of amides is 2.